The number of rotatable bonds is 6. The molecule has 1 aliphatic heterocycles. The molecule has 1 amide bonds. The number of carbonyl (C=O) groups excluding carboxylic acids is 1. The Morgan fingerprint density at radius 1 is 1.32 bits per heavy atom. The number of carbonyl (C=O) groups is 1. The summed E-state index contributed by atoms with van der Waals surface area (Å²) in [5.41, 5.74) is -0.296. The lowest BCUT2D eigenvalue weighted by atomic mass is 9.79. The summed E-state index contributed by atoms with van der Waals surface area (Å²) < 4.78 is 32.4. The van der Waals surface area contributed by atoms with Crippen LogP contribution in [0.1, 0.15) is 18.4 Å². The third kappa shape index (κ3) is 4.24. The van der Waals surface area contributed by atoms with Gasteiger partial charge in [0, 0.05) is 24.6 Å². The lowest BCUT2D eigenvalue weighted by Crippen LogP contribution is -2.47. The predicted octanol–water partition coefficient (Wildman–Crippen LogP) is 1.64. The average Bonchev–Trinajstić information content (AvgIpc) is 2.50. The topological polar surface area (TPSA) is 50.4 Å². The maximum atomic E-state index is 13.6. The summed E-state index contributed by atoms with van der Waals surface area (Å²) in [4.78, 5) is 12.0. The number of methoxy groups -OCH3 is 1. The van der Waals surface area contributed by atoms with Gasteiger partial charge < -0.3 is 15.4 Å². The Morgan fingerprint density at radius 3 is 2.55 bits per heavy atom. The molecule has 2 rings (SSSR count). The minimum absolute atomic E-state index is 0.108. The first-order valence-electron chi connectivity index (χ1n) is 7.46. The Hall–Kier alpha value is -1.53. The van der Waals surface area contributed by atoms with Crippen LogP contribution in [0.2, 0.25) is 0 Å². The number of amides is 1. The Labute approximate surface area is 129 Å². The van der Waals surface area contributed by atoms with E-state index in [9.17, 15) is 13.6 Å². The zero-order valence-corrected chi connectivity index (χ0v) is 12.8. The number of hydrogen-bond donors (Lipinski definition) is 2. The van der Waals surface area contributed by atoms with Gasteiger partial charge in [-0.3, -0.25) is 4.79 Å². The molecule has 1 saturated heterocycles. The third-order valence-corrected chi connectivity index (χ3v) is 4.17. The van der Waals surface area contributed by atoms with Crippen LogP contribution in [-0.4, -0.2) is 39.3 Å². The highest BCUT2D eigenvalue weighted by Gasteiger charge is 2.32. The Kier molecular flexibility index (Phi) is 5.85. The van der Waals surface area contributed by atoms with Crippen LogP contribution in [0, 0.1) is 17.0 Å². The summed E-state index contributed by atoms with van der Waals surface area (Å²) in [6, 6.07) is 3.60. The van der Waals surface area contributed by atoms with Gasteiger partial charge >= 0.3 is 0 Å². The summed E-state index contributed by atoms with van der Waals surface area (Å²) in [7, 11) is 1.64. The van der Waals surface area contributed by atoms with Gasteiger partial charge in [0.15, 0.2) is 0 Å². The molecular weight excluding hydrogens is 290 g/mol. The van der Waals surface area contributed by atoms with Crippen LogP contribution in [0.25, 0.3) is 0 Å². The Morgan fingerprint density at radius 2 is 1.95 bits per heavy atom. The summed E-state index contributed by atoms with van der Waals surface area (Å²) in [5.74, 6) is -1.76. The van der Waals surface area contributed by atoms with E-state index in [1.165, 1.54) is 6.07 Å². The van der Waals surface area contributed by atoms with Gasteiger partial charge in [-0.05, 0) is 38.1 Å². The number of nitrogens with one attached hydrogen (secondary N) is 2. The zero-order valence-electron chi connectivity index (χ0n) is 12.8. The molecule has 1 aliphatic rings. The van der Waals surface area contributed by atoms with Crippen LogP contribution in [0.15, 0.2) is 18.2 Å². The zero-order chi connectivity index (χ0) is 16.0. The van der Waals surface area contributed by atoms with Crippen LogP contribution >= 0.6 is 0 Å². The molecule has 1 heterocycles. The van der Waals surface area contributed by atoms with Crippen LogP contribution in [-0.2, 0) is 16.0 Å². The molecule has 0 aliphatic carbocycles. The molecule has 0 bridgehead atoms. The highest BCUT2D eigenvalue weighted by Crippen LogP contribution is 2.28. The SMILES string of the molecule is COCC1(CNC(=O)Cc2c(F)cccc2F)CCNCC1. The second kappa shape index (κ2) is 7.65. The molecule has 0 unspecified atom stereocenters. The van der Waals surface area contributed by atoms with Crippen LogP contribution in [0.5, 0.6) is 0 Å². The van der Waals surface area contributed by atoms with Crippen molar-refractivity contribution in [3.8, 4) is 0 Å². The van der Waals surface area contributed by atoms with Gasteiger partial charge in [0.05, 0.1) is 13.0 Å². The summed E-state index contributed by atoms with van der Waals surface area (Å²) >= 11 is 0. The van der Waals surface area contributed by atoms with Crippen molar-refractivity contribution >= 4 is 5.91 Å². The lowest BCUT2D eigenvalue weighted by Gasteiger charge is -2.37. The molecular formula is C16H22F2N2O2. The van der Waals surface area contributed by atoms with Gasteiger partial charge in [0.1, 0.15) is 11.6 Å². The monoisotopic (exact) mass is 312 g/mol. The lowest BCUT2D eigenvalue weighted by molar-refractivity contribution is -0.121. The Bertz CT molecular complexity index is 491. The third-order valence-electron chi connectivity index (χ3n) is 4.17. The largest absolute Gasteiger partial charge is 0.384 e. The number of piperidine rings is 1. The number of halogens is 2. The predicted molar refractivity (Wildman–Crippen MR) is 79.5 cm³/mol. The van der Waals surface area contributed by atoms with Gasteiger partial charge in [0.25, 0.3) is 0 Å². The van der Waals surface area contributed by atoms with Crippen LogP contribution < -0.4 is 10.6 Å². The van der Waals surface area contributed by atoms with E-state index < -0.39 is 11.6 Å². The van der Waals surface area contributed by atoms with E-state index in [2.05, 4.69) is 10.6 Å². The first-order valence-corrected chi connectivity index (χ1v) is 7.46. The number of hydrogen-bond acceptors (Lipinski definition) is 3. The van der Waals surface area contributed by atoms with Crippen molar-refractivity contribution in [3.05, 3.63) is 35.4 Å². The molecule has 6 heteroatoms. The van der Waals surface area contributed by atoms with E-state index in [0.29, 0.717) is 13.2 Å². The smallest absolute Gasteiger partial charge is 0.224 e. The Balaban J connectivity index is 1.94. The van der Waals surface area contributed by atoms with Crippen molar-refractivity contribution in [1.82, 2.24) is 10.6 Å². The fourth-order valence-corrected chi connectivity index (χ4v) is 2.85. The molecule has 22 heavy (non-hydrogen) atoms. The highest BCUT2D eigenvalue weighted by molar-refractivity contribution is 5.78. The van der Waals surface area contributed by atoms with E-state index in [4.69, 9.17) is 4.74 Å². The molecule has 1 aromatic rings. The minimum Gasteiger partial charge on any atom is -0.384 e. The minimum atomic E-state index is -0.691. The van der Waals surface area contributed by atoms with Gasteiger partial charge in [0.2, 0.25) is 5.91 Å². The van der Waals surface area contributed by atoms with E-state index in [1.54, 1.807) is 7.11 Å². The molecule has 0 saturated carbocycles. The quantitative estimate of drug-likeness (QED) is 0.839. The van der Waals surface area contributed by atoms with Crippen LogP contribution in [0.4, 0.5) is 8.78 Å². The molecule has 0 atom stereocenters. The van der Waals surface area contributed by atoms with Gasteiger partial charge in [-0.15, -0.1) is 0 Å². The molecule has 0 aromatic heterocycles. The van der Waals surface area contributed by atoms with Crippen molar-refractivity contribution in [2.45, 2.75) is 19.3 Å². The van der Waals surface area contributed by atoms with E-state index in [0.717, 1.165) is 38.1 Å². The van der Waals surface area contributed by atoms with Gasteiger partial charge in [-0.2, -0.15) is 0 Å². The van der Waals surface area contributed by atoms with Crippen LogP contribution in [0.3, 0.4) is 0 Å². The summed E-state index contributed by atoms with van der Waals surface area (Å²) in [6.07, 6.45) is 1.50. The molecule has 0 spiro atoms. The van der Waals surface area contributed by atoms with Crippen molar-refractivity contribution in [3.63, 3.8) is 0 Å². The maximum absolute atomic E-state index is 13.6. The van der Waals surface area contributed by atoms with Gasteiger partial charge in [-0.25, -0.2) is 8.78 Å². The summed E-state index contributed by atoms with van der Waals surface area (Å²) in [6.45, 7) is 2.77. The maximum Gasteiger partial charge on any atom is 0.224 e. The first kappa shape index (κ1) is 16.8. The molecule has 0 radical (unpaired) electrons. The molecule has 2 N–H and O–H groups in total. The van der Waals surface area contributed by atoms with E-state index in [1.807, 2.05) is 0 Å². The molecule has 1 fully saturated rings. The first-order chi connectivity index (χ1) is 10.6. The van der Waals surface area contributed by atoms with E-state index in [-0.39, 0.29) is 23.3 Å². The normalized spacial score (nSPS) is 17.2. The second-order valence-corrected chi connectivity index (χ2v) is 5.84. The van der Waals surface area contributed by atoms with Crippen molar-refractivity contribution in [2.75, 3.05) is 33.4 Å². The number of benzene rings is 1. The average molecular weight is 312 g/mol. The standard InChI is InChI=1S/C16H22F2N2O2/c1-22-11-16(5-7-19-8-6-16)10-20-15(21)9-12-13(17)3-2-4-14(12)18/h2-4,19H,5-11H2,1H3,(H,20,21). The second-order valence-electron chi connectivity index (χ2n) is 5.84. The van der Waals surface area contributed by atoms with E-state index >= 15 is 0 Å². The highest BCUT2D eigenvalue weighted by atomic mass is 19.1. The number of ether oxygens (including phenoxy) is 1. The molecule has 4 nitrogen and oxygen atoms in total. The fraction of sp³-hybridized carbons (Fsp3) is 0.562. The van der Waals surface area contributed by atoms with Crippen molar-refractivity contribution in [1.29, 1.82) is 0 Å². The molecule has 1 aromatic carbocycles. The van der Waals surface area contributed by atoms with Crippen molar-refractivity contribution in [2.24, 2.45) is 5.41 Å². The summed E-state index contributed by atoms with van der Waals surface area (Å²) in [5, 5.41) is 6.07. The fourth-order valence-electron chi connectivity index (χ4n) is 2.85. The molecule has 122 valence electrons. The van der Waals surface area contributed by atoms with Gasteiger partial charge in [-0.1, -0.05) is 6.07 Å². The van der Waals surface area contributed by atoms with Crippen molar-refractivity contribution < 1.29 is 18.3 Å².